The topological polar surface area (TPSA) is 26.0 Å². The molecular weight excluding hydrogens is 242 g/mol. The lowest BCUT2D eigenvalue weighted by Gasteiger charge is -2.14. The molecule has 0 heterocycles. The van der Waals surface area contributed by atoms with E-state index in [2.05, 4.69) is 61.5 Å². The molecule has 2 N–H and O–H groups in total. The summed E-state index contributed by atoms with van der Waals surface area (Å²) in [5.74, 6) is 0.393. The first-order valence-electron chi connectivity index (χ1n) is 7.38. The zero-order valence-corrected chi connectivity index (χ0v) is 12.0. The Balaban J connectivity index is 2.22. The summed E-state index contributed by atoms with van der Waals surface area (Å²) in [7, 11) is 0. The fourth-order valence-electron chi connectivity index (χ4n) is 2.95. The average Bonchev–Trinajstić information content (AvgIpc) is 2.65. The van der Waals surface area contributed by atoms with Gasteiger partial charge in [0.1, 0.15) is 0 Å². The molecule has 1 heteroatoms. The molecule has 1 atom stereocenters. The number of hydrogen-bond acceptors (Lipinski definition) is 1. The van der Waals surface area contributed by atoms with Crippen LogP contribution in [0, 0.1) is 5.92 Å². The molecule has 1 unspecified atom stereocenters. The van der Waals surface area contributed by atoms with Gasteiger partial charge in [0.25, 0.3) is 0 Å². The highest BCUT2D eigenvalue weighted by Crippen LogP contribution is 2.34. The number of fused-ring (bicyclic) bond motifs is 2. The minimum absolute atomic E-state index is 0.393. The minimum Gasteiger partial charge on any atom is -0.330 e. The van der Waals surface area contributed by atoms with Gasteiger partial charge in [0.15, 0.2) is 0 Å². The van der Waals surface area contributed by atoms with Crippen molar-refractivity contribution in [2.24, 2.45) is 11.7 Å². The van der Waals surface area contributed by atoms with Crippen LogP contribution in [-0.4, -0.2) is 6.54 Å². The number of aryl methyl sites for hydroxylation is 2. The highest BCUT2D eigenvalue weighted by Gasteiger charge is 2.17. The first kappa shape index (κ1) is 13.1. The lowest BCUT2D eigenvalue weighted by molar-refractivity contribution is 0.741. The molecule has 0 amide bonds. The Kier molecular flexibility index (Phi) is 3.70. The maximum Gasteiger partial charge on any atom is -0.00165 e. The van der Waals surface area contributed by atoms with Crippen molar-refractivity contribution in [2.45, 2.75) is 19.8 Å². The Morgan fingerprint density at radius 2 is 1.45 bits per heavy atom. The van der Waals surface area contributed by atoms with E-state index in [0.717, 1.165) is 12.8 Å². The van der Waals surface area contributed by atoms with Gasteiger partial charge in [-0.05, 0) is 53.1 Å². The predicted molar refractivity (Wildman–Crippen MR) is 85.6 cm³/mol. The van der Waals surface area contributed by atoms with Gasteiger partial charge < -0.3 is 5.73 Å². The molecule has 0 saturated carbocycles. The van der Waals surface area contributed by atoms with Crippen LogP contribution in [0.1, 0.15) is 29.2 Å². The molecule has 0 fully saturated rings. The fraction of sp³-hybridized carbons (Fsp3) is 0.263. The molecular formula is C19H21N. The third kappa shape index (κ3) is 2.41. The lowest BCUT2D eigenvalue weighted by Crippen LogP contribution is -2.09. The number of benzene rings is 2. The predicted octanol–water partition coefficient (Wildman–Crippen LogP) is 3.81. The van der Waals surface area contributed by atoms with Crippen molar-refractivity contribution < 1.29 is 0 Å². The van der Waals surface area contributed by atoms with Crippen LogP contribution in [0.25, 0.3) is 5.57 Å². The van der Waals surface area contributed by atoms with Crippen LogP contribution in [0.3, 0.4) is 0 Å². The summed E-state index contributed by atoms with van der Waals surface area (Å²) >= 11 is 0. The van der Waals surface area contributed by atoms with E-state index in [1.54, 1.807) is 0 Å². The second-order valence-corrected chi connectivity index (χ2v) is 5.61. The van der Waals surface area contributed by atoms with Crippen LogP contribution in [0.4, 0.5) is 0 Å². The summed E-state index contributed by atoms with van der Waals surface area (Å²) in [6, 6.07) is 17.5. The molecule has 0 aromatic heterocycles. The van der Waals surface area contributed by atoms with Crippen molar-refractivity contribution in [1.29, 1.82) is 0 Å². The van der Waals surface area contributed by atoms with E-state index in [1.807, 2.05) is 0 Å². The third-order valence-electron chi connectivity index (χ3n) is 4.10. The molecule has 2 aromatic rings. The average molecular weight is 263 g/mol. The minimum atomic E-state index is 0.393. The summed E-state index contributed by atoms with van der Waals surface area (Å²) in [4.78, 5) is 0. The monoisotopic (exact) mass is 263 g/mol. The molecule has 0 aliphatic heterocycles. The summed E-state index contributed by atoms with van der Waals surface area (Å²) in [6.45, 7) is 2.87. The second-order valence-electron chi connectivity index (χ2n) is 5.61. The van der Waals surface area contributed by atoms with Crippen molar-refractivity contribution in [2.75, 3.05) is 6.54 Å². The number of rotatable bonds is 2. The molecule has 0 radical (unpaired) electrons. The molecule has 1 aliphatic carbocycles. The molecule has 20 heavy (non-hydrogen) atoms. The largest absolute Gasteiger partial charge is 0.330 e. The van der Waals surface area contributed by atoms with Crippen LogP contribution in [0.15, 0.2) is 54.6 Å². The van der Waals surface area contributed by atoms with Gasteiger partial charge in [-0.25, -0.2) is 0 Å². The quantitative estimate of drug-likeness (QED) is 0.876. The van der Waals surface area contributed by atoms with Gasteiger partial charge in [-0.3, -0.25) is 0 Å². The van der Waals surface area contributed by atoms with Crippen molar-refractivity contribution in [3.63, 3.8) is 0 Å². The summed E-state index contributed by atoms with van der Waals surface area (Å²) in [5.41, 5.74) is 12.8. The zero-order chi connectivity index (χ0) is 13.9. The third-order valence-corrected chi connectivity index (χ3v) is 4.10. The zero-order valence-electron chi connectivity index (χ0n) is 12.0. The second kappa shape index (κ2) is 5.64. The van der Waals surface area contributed by atoms with Crippen LogP contribution >= 0.6 is 0 Å². The van der Waals surface area contributed by atoms with E-state index in [4.69, 9.17) is 5.73 Å². The van der Waals surface area contributed by atoms with E-state index in [0.29, 0.717) is 12.5 Å². The number of hydrogen-bond donors (Lipinski definition) is 1. The van der Waals surface area contributed by atoms with Crippen molar-refractivity contribution >= 4 is 5.57 Å². The van der Waals surface area contributed by atoms with Gasteiger partial charge in [-0.2, -0.15) is 0 Å². The molecule has 0 spiro atoms. The Hall–Kier alpha value is -1.86. The van der Waals surface area contributed by atoms with E-state index in [9.17, 15) is 0 Å². The van der Waals surface area contributed by atoms with Crippen LogP contribution in [-0.2, 0) is 12.8 Å². The van der Waals surface area contributed by atoms with Crippen molar-refractivity contribution in [1.82, 2.24) is 0 Å². The Bertz CT molecular complexity index is 590. The van der Waals surface area contributed by atoms with Crippen LogP contribution in [0.2, 0.25) is 0 Å². The van der Waals surface area contributed by atoms with Crippen molar-refractivity contribution in [3.05, 3.63) is 76.9 Å². The first-order valence-corrected chi connectivity index (χ1v) is 7.38. The van der Waals surface area contributed by atoms with Gasteiger partial charge in [-0.1, -0.05) is 61.5 Å². The lowest BCUT2D eigenvalue weighted by atomic mass is 9.91. The Labute approximate surface area is 121 Å². The molecule has 1 nitrogen and oxygen atoms in total. The molecule has 0 bridgehead atoms. The summed E-state index contributed by atoms with van der Waals surface area (Å²) < 4.78 is 0. The van der Waals surface area contributed by atoms with E-state index >= 15 is 0 Å². The Morgan fingerprint density at radius 1 is 0.950 bits per heavy atom. The van der Waals surface area contributed by atoms with E-state index in [1.165, 1.54) is 27.8 Å². The van der Waals surface area contributed by atoms with Gasteiger partial charge in [0.2, 0.25) is 0 Å². The van der Waals surface area contributed by atoms with E-state index in [-0.39, 0.29) is 0 Å². The molecule has 1 aliphatic rings. The molecule has 0 saturated heterocycles. The highest BCUT2D eigenvalue weighted by molar-refractivity contribution is 5.84. The van der Waals surface area contributed by atoms with Crippen LogP contribution < -0.4 is 5.73 Å². The number of nitrogens with two attached hydrogens (primary N) is 1. The standard InChI is InChI=1S/C19H21N/c1-14(13-20)12-19-17-8-4-2-6-15(17)10-11-16-7-3-5-9-18(16)19/h2-9,12,14H,10-11,13,20H2,1H3. The van der Waals surface area contributed by atoms with Gasteiger partial charge in [0, 0.05) is 0 Å². The molecule has 3 rings (SSSR count). The summed E-state index contributed by atoms with van der Waals surface area (Å²) in [6.07, 6.45) is 4.56. The van der Waals surface area contributed by atoms with Crippen molar-refractivity contribution in [3.8, 4) is 0 Å². The van der Waals surface area contributed by atoms with Gasteiger partial charge in [-0.15, -0.1) is 0 Å². The molecule has 102 valence electrons. The smallest absolute Gasteiger partial charge is 0.00165 e. The Morgan fingerprint density at radius 3 is 1.95 bits per heavy atom. The maximum absolute atomic E-state index is 5.82. The maximum atomic E-state index is 5.82. The fourth-order valence-corrected chi connectivity index (χ4v) is 2.95. The van der Waals surface area contributed by atoms with Gasteiger partial charge in [0.05, 0.1) is 0 Å². The summed E-state index contributed by atoms with van der Waals surface area (Å²) in [5, 5.41) is 0. The molecule has 2 aromatic carbocycles. The van der Waals surface area contributed by atoms with Crippen LogP contribution in [0.5, 0.6) is 0 Å². The van der Waals surface area contributed by atoms with Gasteiger partial charge >= 0.3 is 0 Å². The first-order chi connectivity index (χ1) is 9.79. The SMILES string of the molecule is CC(C=C1c2ccccc2CCc2ccccc21)CN. The van der Waals surface area contributed by atoms with E-state index < -0.39 is 0 Å². The normalized spacial score (nSPS) is 15.0. The highest BCUT2D eigenvalue weighted by atomic mass is 14.5.